The number of carbonyl (C=O) groups is 1. The summed E-state index contributed by atoms with van der Waals surface area (Å²) in [7, 11) is 0. The number of rotatable bonds is 5. The van der Waals surface area contributed by atoms with E-state index in [1.807, 2.05) is 0 Å². The van der Waals surface area contributed by atoms with E-state index in [4.69, 9.17) is 0 Å². The second kappa shape index (κ2) is 6.08. The molecule has 1 amide bonds. The van der Waals surface area contributed by atoms with Crippen molar-refractivity contribution in [1.29, 1.82) is 0 Å². The van der Waals surface area contributed by atoms with Crippen molar-refractivity contribution in [2.75, 3.05) is 6.54 Å². The van der Waals surface area contributed by atoms with Crippen molar-refractivity contribution in [2.45, 2.75) is 19.1 Å². The SMILES string of the molecule is CC(=O)NCC(O)C(O)c1cccc([N+](=O)[O-])c1. The van der Waals surface area contributed by atoms with Gasteiger partial charge in [0.1, 0.15) is 12.2 Å². The molecule has 0 aliphatic carbocycles. The van der Waals surface area contributed by atoms with Crippen LogP contribution in [0.2, 0.25) is 0 Å². The zero-order valence-corrected chi connectivity index (χ0v) is 9.74. The highest BCUT2D eigenvalue weighted by atomic mass is 16.6. The molecule has 2 unspecified atom stereocenters. The summed E-state index contributed by atoms with van der Waals surface area (Å²) < 4.78 is 0. The van der Waals surface area contributed by atoms with Crippen LogP contribution in [0.1, 0.15) is 18.6 Å². The second-order valence-electron chi connectivity index (χ2n) is 3.80. The lowest BCUT2D eigenvalue weighted by atomic mass is 10.0. The van der Waals surface area contributed by atoms with Crippen molar-refractivity contribution >= 4 is 11.6 Å². The third-order valence-electron chi connectivity index (χ3n) is 2.35. The van der Waals surface area contributed by atoms with Crippen molar-refractivity contribution in [3.63, 3.8) is 0 Å². The molecule has 1 rings (SSSR count). The molecule has 0 aromatic heterocycles. The second-order valence-corrected chi connectivity index (χ2v) is 3.80. The summed E-state index contributed by atoms with van der Waals surface area (Å²) in [6.07, 6.45) is -2.52. The van der Waals surface area contributed by atoms with Crippen LogP contribution in [0.3, 0.4) is 0 Å². The Morgan fingerprint density at radius 2 is 2.17 bits per heavy atom. The molecule has 0 spiro atoms. The maximum absolute atomic E-state index is 10.7. The molecule has 0 aliphatic rings. The minimum atomic E-state index is -1.29. The molecule has 0 aliphatic heterocycles. The highest BCUT2D eigenvalue weighted by molar-refractivity contribution is 5.72. The summed E-state index contributed by atoms with van der Waals surface area (Å²) in [4.78, 5) is 20.6. The molecule has 0 saturated heterocycles. The molecule has 98 valence electrons. The molecule has 18 heavy (non-hydrogen) atoms. The van der Waals surface area contributed by atoms with Crippen LogP contribution in [0.25, 0.3) is 0 Å². The van der Waals surface area contributed by atoms with Crippen LogP contribution in [0.4, 0.5) is 5.69 Å². The van der Waals surface area contributed by atoms with Crippen LogP contribution in [0.5, 0.6) is 0 Å². The maximum Gasteiger partial charge on any atom is 0.269 e. The van der Waals surface area contributed by atoms with Gasteiger partial charge in [0.25, 0.3) is 5.69 Å². The summed E-state index contributed by atoms with van der Waals surface area (Å²) in [6.45, 7) is 1.16. The van der Waals surface area contributed by atoms with Gasteiger partial charge in [0.15, 0.2) is 0 Å². The van der Waals surface area contributed by atoms with Crippen LogP contribution in [0, 0.1) is 10.1 Å². The van der Waals surface area contributed by atoms with E-state index < -0.39 is 17.1 Å². The zero-order valence-electron chi connectivity index (χ0n) is 9.74. The summed E-state index contributed by atoms with van der Waals surface area (Å²) >= 11 is 0. The Morgan fingerprint density at radius 3 is 2.72 bits per heavy atom. The van der Waals surface area contributed by atoms with Gasteiger partial charge in [0, 0.05) is 25.6 Å². The Kier molecular flexibility index (Phi) is 4.75. The molecule has 7 heteroatoms. The lowest BCUT2D eigenvalue weighted by Crippen LogP contribution is -2.34. The van der Waals surface area contributed by atoms with Gasteiger partial charge in [-0.05, 0) is 5.56 Å². The fraction of sp³-hybridized carbons (Fsp3) is 0.364. The molecule has 0 heterocycles. The molecule has 0 fully saturated rings. The Labute approximate surface area is 103 Å². The van der Waals surface area contributed by atoms with E-state index >= 15 is 0 Å². The molecule has 0 radical (unpaired) electrons. The van der Waals surface area contributed by atoms with Crippen molar-refractivity contribution in [2.24, 2.45) is 0 Å². The van der Waals surface area contributed by atoms with Crippen molar-refractivity contribution in [1.82, 2.24) is 5.32 Å². The van der Waals surface area contributed by atoms with Gasteiger partial charge in [-0.1, -0.05) is 12.1 Å². The summed E-state index contributed by atoms with van der Waals surface area (Å²) in [6, 6.07) is 5.36. The number of aliphatic hydroxyl groups excluding tert-OH is 2. The van der Waals surface area contributed by atoms with E-state index in [1.165, 1.54) is 31.2 Å². The Bertz CT molecular complexity index is 449. The number of aliphatic hydroxyl groups is 2. The Morgan fingerprint density at radius 1 is 1.50 bits per heavy atom. The third-order valence-corrected chi connectivity index (χ3v) is 2.35. The summed E-state index contributed by atoms with van der Waals surface area (Å²) in [5, 5.41) is 32.3. The number of nitro groups is 1. The predicted octanol–water partition coefficient (Wildman–Crippen LogP) is 0.125. The summed E-state index contributed by atoms with van der Waals surface area (Å²) in [5.74, 6) is -0.333. The minimum absolute atomic E-state index is 0.126. The fourth-order valence-electron chi connectivity index (χ4n) is 1.40. The van der Waals surface area contributed by atoms with Gasteiger partial charge in [-0.3, -0.25) is 14.9 Å². The number of hydrogen-bond donors (Lipinski definition) is 3. The number of nitrogens with zero attached hydrogens (tertiary/aromatic N) is 1. The monoisotopic (exact) mass is 254 g/mol. The average Bonchev–Trinajstić information content (AvgIpc) is 2.35. The Balaban J connectivity index is 2.76. The van der Waals surface area contributed by atoms with E-state index in [1.54, 1.807) is 0 Å². The normalized spacial score (nSPS) is 13.7. The van der Waals surface area contributed by atoms with E-state index in [2.05, 4.69) is 5.32 Å². The predicted molar refractivity (Wildman–Crippen MR) is 62.7 cm³/mol. The highest BCUT2D eigenvalue weighted by Crippen LogP contribution is 2.21. The van der Waals surface area contributed by atoms with Gasteiger partial charge in [-0.25, -0.2) is 0 Å². The smallest absolute Gasteiger partial charge is 0.269 e. The number of amides is 1. The quantitative estimate of drug-likeness (QED) is 0.510. The van der Waals surface area contributed by atoms with Crippen LogP contribution in [-0.4, -0.2) is 33.7 Å². The molecule has 0 bridgehead atoms. The third kappa shape index (κ3) is 3.79. The first-order chi connectivity index (χ1) is 8.41. The van der Waals surface area contributed by atoms with Gasteiger partial charge in [-0.15, -0.1) is 0 Å². The number of hydrogen-bond acceptors (Lipinski definition) is 5. The average molecular weight is 254 g/mol. The largest absolute Gasteiger partial charge is 0.388 e. The van der Waals surface area contributed by atoms with Gasteiger partial charge in [-0.2, -0.15) is 0 Å². The first kappa shape index (κ1) is 14.1. The standard InChI is InChI=1S/C11H14N2O5/c1-7(14)12-6-10(15)11(16)8-3-2-4-9(5-8)13(17)18/h2-5,10-11,15-16H,6H2,1H3,(H,12,14). The number of nitro benzene ring substituents is 1. The van der Waals surface area contributed by atoms with Crippen LogP contribution >= 0.6 is 0 Å². The summed E-state index contributed by atoms with van der Waals surface area (Å²) in [5.41, 5.74) is 0.0559. The van der Waals surface area contributed by atoms with Gasteiger partial charge in [0.2, 0.25) is 5.91 Å². The zero-order chi connectivity index (χ0) is 13.7. The molecule has 1 aromatic rings. The molecular weight excluding hydrogens is 240 g/mol. The van der Waals surface area contributed by atoms with Crippen LogP contribution in [0.15, 0.2) is 24.3 Å². The van der Waals surface area contributed by atoms with E-state index in [0.29, 0.717) is 0 Å². The van der Waals surface area contributed by atoms with Gasteiger partial charge in [0.05, 0.1) is 4.92 Å². The molecular formula is C11H14N2O5. The van der Waals surface area contributed by atoms with E-state index in [9.17, 15) is 25.1 Å². The maximum atomic E-state index is 10.7. The molecule has 1 aromatic carbocycles. The topological polar surface area (TPSA) is 113 Å². The molecule has 2 atom stereocenters. The van der Waals surface area contributed by atoms with E-state index in [-0.39, 0.29) is 23.7 Å². The fourth-order valence-corrected chi connectivity index (χ4v) is 1.40. The number of benzene rings is 1. The van der Waals surface area contributed by atoms with Crippen molar-refractivity contribution in [3.05, 3.63) is 39.9 Å². The lowest BCUT2D eigenvalue weighted by Gasteiger charge is -2.18. The van der Waals surface area contributed by atoms with Gasteiger partial charge >= 0.3 is 0 Å². The molecule has 7 nitrogen and oxygen atoms in total. The van der Waals surface area contributed by atoms with Crippen molar-refractivity contribution < 1.29 is 19.9 Å². The van der Waals surface area contributed by atoms with Gasteiger partial charge < -0.3 is 15.5 Å². The number of non-ortho nitro benzene ring substituents is 1. The van der Waals surface area contributed by atoms with Crippen molar-refractivity contribution in [3.8, 4) is 0 Å². The highest BCUT2D eigenvalue weighted by Gasteiger charge is 2.20. The Hall–Kier alpha value is -1.99. The van der Waals surface area contributed by atoms with Crippen LogP contribution in [-0.2, 0) is 4.79 Å². The molecule has 3 N–H and O–H groups in total. The minimum Gasteiger partial charge on any atom is -0.388 e. The number of carbonyl (C=O) groups excluding carboxylic acids is 1. The van der Waals surface area contributed by atoms with E-state index in [0.717, 1.165) is 0 Å². The molecule has 0 saturated carbocycles. The van der Waals surface area contributed by atoms with Crippen LogP contribution < -0.4 is 5.32 Å². The number of nitrogens with one attached hydrogen (secondary N) is 1. The first-order valence-electron chi connectivity index (χ1n) is 5.26. The lowest BCUT2D eigenvalue weighted by molar-refractivity contribution is -0.385. The first-order valence-corrected chi connectivity index (χ1v) is 5.26.